The fourth-order valence-electron chi connectivity index (χ4n) is 3.00. The third-order valence-electron chi connectivity index (χ3n) is 4.47. The van der Waals surface area contributed by atoms with Crippen LogP contribution < -0.4 is 4.31 Å². The molecule has 1 aromatic rings. The van der Waals surface area contributed by atoms with Gasteiger partial charge in [0, 0.05) is 26.2 Å². The van der Waals surface area contributed by atoms with Gasteiger partial charge in [-0.25, -0.2) is 8.42 Å². The van der Waals surface area contributed by atoms with E-state index >= 15 is 0 Å². The molecule has 24 heavy (non-hydrogen) atoms. The van der Waals surface area contributed by atoms with Crippen molar-refractivity contribution in [2.24, 2.45) is 0 Å². The Morgan fingerprint density at radius 2 is 1.79 bits per heavy atom. The molecule has 0 spiro atoms. The summed E-state index contributed by atoms with van der Waals surface area (Å²) in [4.78, 5) is 16.6. The highest BCUT2D eigenvalue weighted by atomic mass is 32.2. The molecule has 0 aliphatic carbocycles. The van der Waals surface area contributed by atoms with Crippen LogP contribution in [0.3, 0.4) is 0 Å². The molecule has 1 amide bonds. The van der Waals surface area contributed by atoms with Crippen molar-refractivity contribution in [1.29, 1.82) is 0 Å². The minimum absolute atomic E-state index is 0.142. The van der Waals surface area contributed by atoms with E-state index in [0.717, 1.165) is 37.0 Å². The Kier molecular flexibility index (Phi) is 5.87. The molecule has 0 bridgehead atoms. The van der Waals surface area contributed by atoms with Crippen LogP contribution in [0, 0.1) is 13.8 Å². The molecule has 0 aromatic heterocycles. The van der Waals surface area contributed by atoms with Crippen LogP contribution in [0.1, 0.15) is 18.1 Å². The predicted molar refractivity (Wildman–Crippen MR) is 96.8 cm³/mol. The van der Waals surface area contributed by atoms with Gasteiger partial charge in [-0.3, -0.25) is 9.10 Å². The van der Waals surface area contributed by atoms with Crippen molar-refractivity contribution in [2.75, 3.05) is 49.8 Å². The molecular weight excluding hydrogens is 326 g/mol. The van der Waals surface area contributed by atoms with Gasteiger partial charge in [0.15, 0.2) is 0 Å². The van der Waals surface area contributed by atoms with E-state index < -0.39 is 10.0 Å². The van der Waals surface area contributed by atoms with Gasteiger partial charge >= 0.3 is 0 Å². The number of benzene rings is 1. The largest absolute Gasteiger partial charge is 0.339 e. The standard InChI is InChI=1S/C17H27N3O3S/c1-5-18-8-10-19(11-9-18)17(21)13-20(24(4,22)23)16-7-6-14(2)12-15(16)3/h6-7,12H,5,8-11,13H2,1-4H3. The van der Waals surface area contributed by atoms with E-state index in [-0.39, 0.29) is 12.5 Å². The number of aryl methyl sites for hydroxylation is 2. The summed E-state index contributed by atoms with van der Waals surface area (Å²) in [6, 6.07) is 5.57. The molecule has 0 atom stereocenters. The van der Waals surface area contributed by atoms with Gasteiger partial charge in [-0.1, -0.05) is 24.6 Å². The summed E-state index contributed by atoms with van der Waals surface area (Å²) in [7, 11) is -3.53. The minimum Gasteiger partial charge on any atom is -0.339 e. The molecule has 1 saturated heterocycles. The van der Waals surface area contributed by atoms with E-state index in [9.17, 15) is 13.2 Å². The summed E-state index contributed by atoms with van der Waals surface area (Å²) in [5, 5.41) is 0. The van der Waals surface area contributed by atoms with Crippen molar-refractivity contribution in [3.63, 3.8) is 0 Å². The van der Waals surface area contributed by atoms with Crippen LogP contribution in [0.5, 0.6) is 0 Å². The van der Waals surface area contributed by atoms with E-state index in [0.29, 0.717) is 18.8 Å². The normalized spacial score (nSPS) is 16.2. The van der Waals surface area contributed by atoms with Gasteiger partial charge in [-0.05, 0) is 32.0 Å². The maximum atomic E-state index is 12.6. The molecule has 6 nitrogen and oxygen atoms in total. The molecule has 2 rings (SSSR count). The Morgan fingerprint density at radius 1 is 1.17 bits per heavy atom. The second-order valence-electron chi connectivity index (χ2n) is 6.37. The third kappa shape index (κ3) is 4.48. The van der Waals surface area contributed by atoms with E-state index in [4.69, 9.17) is 0 Å². The van der Waals surface area contributed by atoms with Crippen LogP contribution in [0.4, 0.5) is 5.69 Å². The number of amides is 1. The smallest absolute Gasteiger partial charge is 0.243 e. The van der Waals surface area contributed by atoms with Crippen LogP contribution in [0.2, 0.25) is 0 Å². The van der Waals surface area contributed by atoms with Crippen LogP contribution in [-0.2, 0) is 14.8 Å². The second kappa shape index (κ2) is 7.53. The predicted octanol–water partition coefficient (Wildman–Crippen LogP) is 1.23. The summed E-state index contributed by atoms with van der Waals surface area (Å²) >= 11 is 0. The van der Waals surface area contributed by atoms with Crippen LogP contribution in [0.15, 0.2) is 18.2 Å². The van der Waals surface area contributed by atoms with E-state index in [2.05, 4.69) is 11.8 Å². The molecule has 134 valence electrons. The molecule has 1 heterocycles. The van der Waals surface area contributed by atoms with Crippen LogP contribution >= 0.6 is 0 Å². The molecule has 7 heteroatoms. The lowest BCUT2D eigenvalue weighted by molar-refractivity contribution is -0.131. The molecule has 0 N–H and O–H groups in total. The fraction of sp³-hybridized carbons (Fsp3) is 0.588. The Balaban J connectivity index is 2.17. The highest BCUT2D eigenvalue weighted by Crippen LogP contribution is 2.23. The van der Waals surface area contributed by atoms with Crippen LogP contribution in [0.25, 0.3) is 0 Å². The Labute approximate surface area is 145 Å². The van der Waals surface area contributed by atoms with Crippen molar-refractivity contribution in [3.8, 4) is 0 Å². The lowest BCUT2D eigenvalue weighted by atomic mass is 10.1. The summed E-state index contributed by atoms with van der Waals surface area (Å²) in [6.45, 7) is 9.73. The first-order valence-corrected chi connectivity index (χ1v) is 10.1. The summed E-state index contributed by atoms with van der Waals surface area (Å²) in [6.07, 6.45) is 1.15. The molecule has 1 aliphatic rings. The first kappa shape index (κ1) is 18.7. The van der Waals surface area contributed by atoms with Gasteiger partial charge in [-0.2, -0.15) is 0 Å². The van der Waals surface area contributed by atoms with Gasteiger partial charge in [-0.15, -0.1) is 0 Å². The zero-order valence-electron chi connectivity index (χ0n) is 14.9. The van der Waals surface area contributed by atoms with E-state index in [1.807, 2.05) is 26.0 Å². The molecule has 1 aliphatic heterocycles. The Bertz CT molecular complexity index is 695. The third-order valence-corrected chi connectivity index (χ3v) is 5.60. The summed E-state index contributed by atoms with van der Waals surface area (Å²) in [5.74, 6) is -0.142. The molecule has 1 aromatic carbocycles. The van der Waals surface area contributed by atoms with Gasteiger partial charge in [0.05, 0.1) is 11.9 Å². The quantitative estimate of drug-likeness (QED) is 0.799. The number of likely N-dealkylation sites (N-methyl/N-ethyl adjacent to an activating group) is 1. The minimum atomic E-state index is -3.53. The van der Waals surface area contributed by atoms with Crippen molar-refractivity contribution in [3.05, 3.63) is 29.3 Å². The molecule has 0 unspecified atom stereocenters. The van der Waals surface area contributed by atoms with Crippen molar-refractivity contribution >= 4 is 21.6 Å². The number of carbonyl (C=O) groups is 1. The monoisotopic (exact) mass is 353 g/mol. The van der Waals surface area contributed by atoms with Gasteiger partial charge in [0.1, 0.15) is 6.54 Å². The average Bonchev–Trinajstić information content (AvgIpc) is 2.52. The second-order valence-corrected chi connectivity index (χ2v) is 8.28. The zero-order valence-corrected chi connectivity index (χ0v) is 15.8. The molecule has 1 fully saturated rings. The topological polar surface area (TPSA) is 60.9 Å². The lowest BCUT2D eigenvalue weighted by Crippen LogP contribution is -2.51. The van der Waals surface area contributed by atoms with Crippen molar-refractivity contribution < 1.29 is 13.2 Å². The number of carbonyl (C=O) groups excluding carboxylic acids is 1. The Morgan fingerprint density at radius 3 is 2.29 bits per heavy atom. The Hall–Kier alpha value is -1.60. The number of nitrogens with zero attached hydrogens (tertiary/aromatic N) is 3. The highest BCUT2D eigenvalue weighted by Gasteiger charge is 2.26. The number of anilines is 1. The zero-order chi connectivity index (χ0) is 17.9. The van der Waals surface area contributed by atoms with E-state index in [1.165, 1.54) is 4.31 Å². The molecular formula is C17H27N3O3S. The first-order chi connectivity index (χ1) is 11.2. The van der Waals surface area contributed by atoms with Gasteiger partial charge in [0.2, 0.25) is 15.9 Å². The summed E-state index contributed by atoms with van der Waals surface area (Å²) in [5.41, 5.74) is 2.49. The number of sulfonamides is 1. The number of hydrogen-bond donors (Lipinski definition) is 0. The number of piperazine rings is 1. The van der Waals surface area contributed by atoms with Crippen LogP contribution in [-0.4, -0.2) is 69.6 Å². The molecule has 0 radical (unpaired) electrons. The van der Waals surface area contributed by atoms with Gasteiger partial charge in [0.25, 0.3) is 0 Å². The maximum Gasteiger partial charge on any atom is 0.243 e. The fourth-order valence-corrected chi connectivity index (χ4v) is 3.91. The SMILES string of the molecule is CCN1CCN(C(=O)CN(c2ccc(C)cc2C)S(C)(=O)=O)CC1. The molecule has 0 saturated carbocycles. The first-order valence-electron chi connectivity index (χ1n) is 8.27. The van der Waals surface area contributed by atoms with Gasteiger partial charge < -0.3 is 9.80 Å². The van der Waals surface area contributed by atoms with Crippen molar-refractivity contribution in [2.45, 2.75) is 20.8 Å². The lowest BCUT2D eigenvalue weighted by Gasteiger charge is -2.35. The number of rotatable bonds is 5. The maximum absolute atomic E-state index is 12.6. The average molecular weight is 353 g/mol. The number of hydrogen-bond acceptors (Lipinski definition) is 4. The van der Waals surface area contributed by atoms with Crippen molar-refractivity contribution in [1.82, 2.24) is 9.80 Å². The highest BCUT2D eigenvalue weighted by molar-refractivity contribution is 7.92. The van der Waals surface area contributed by atoms with E-state index in [1.54, 1.807) is 11.0 Å². The summed E-state index contributed by atoms with van der Waals surface area (Å²) < 4.78 is 25.7.